The molecule has 0 aromatic heterocycles. The normalized spacial score (nSPS) is 23.3. The Kier molecular flexibility index (Phi) is 3.48. The van der Waals surface area contributed by atoms with Crippen molar-refractivity contribution >= 4 is 11.7 Å². The van der Waals surface area contributed by atoms with Crippen molar-refractivity contribution in [3.8, 4) is 11.8 Å². The van der Waals surface area contributed by atoms with Gasteiger partial charge in [-0.15, -0.1) is 0 Å². The van der Waals surface area contributed by atoms with E-state index in [2.05, 4.69) is 17.2 Å². The molecular formula is C15H12F4N2O2. The third-order valence-electron chi connectivity index (χ3n) is 3.78. The molecule has 1 aliphatic carbocycles. The van der Waals surface area contributed by atoms with Crippen LogP contribution in [-0.4, -0.2) is 17.3 Å². The maximum Gasteiger partial charge on any atom is 0.427 e. The van der Waals surface area contributed by atoms with Gasteiger partial charge in [0.2, 0.25) is 5.54 Å². The van der Waals surface area contributed by atoms with E-state index < -0.39 is 35.7 Å². The second-order valence-corrected chi connectivity index (χ2v) is 5.52. The van der Waals surface area contributed by atoms with Gasteiger partial charge in [0, 0.05) is 22.7 Å². The molecule has 1 aliphatic heterocycles. The summed E-state index contributed by atoms with van der Waals surface area (Å²) in [6.45, 7) is -0.699. The zero-order chi connectivity index (χ0) is 16.8. The number of anilines is 1. The van der Waals surface area contributed by atoms with Crippen LogP contribution in [0.15, 0.2) is 12.1 Å². The van der Waals surface area contributed by atoms with Crippen LogP contribution < -0.4 is 10.6 Å². The summed E-state index contributed by atoms with van der Waals surface area (Å²) < 4.78 is 55.1. The Morgan fingerprint density at radius 1 is 1.35 bits per heavy atom. The average molecular weight is 328 g/mol. The average Bonchev–Trinajstić information content (AvgIpc) is 3.27. The molecule has 1 fully saturated rings. The van der Waals surface area contributed by atoms with E-state index in [1.807, 2.05) is 0 Å². The molecule has 0 bridgehead atoms. The van der Waals surface area contributed by atoms with E-state index >= 15 is 0 Å². The molecule has 23 heavy (non-hydrogen) atoms. The largest absolute Gasteiger partial charge is 0.427 e. The number of aliphatic hydroxyl groups is 1. The van der Waals surface area contributed by atoms with Crippen molar-refractivity contribution in [2.24, 2.45) is 5.92 Å². The fraction of sp³-hybridized carbons (Fsp3) is 0.400. The number of alkyl halides is 3. The Balaban J connectivity index is 2.23. The lowest BCUT2D eigenvalue weighted by Gasteiger charge is -2.37. The van der Waals surface area contributed by atoms with Crippen molar-refractivity contribution in [1.29, 1.82) is 0 Å². The first-order chi connectivity index (χ1) is 10.8. The van der Waals surface area contributed by atoms with Gasteiger partial charge < -0.3 is 15.7 Å². The first kappa shape index (κ1) is 15.6. The smallest absolute Gasteiger partial charge is 0.392 e. The highest BCUT2D eigenvalue weighted by Gasteiger charge is 2.59. The van der Waals surface area contributed by atoms with Gasteiger partial charge in [-0.05, 0) is 25.0 Å². The Morgan fingerprint density at radius 3 is 2.61 bits per heavy atom. The second-order valence-electron chi connectivity index (χ2n) is 5.52. The van der Waals surface area contributed by atoms with Gasteiger partial charge in [-0.2, -0.15) is 13.2 Å². The molecule has 1 aromatic carbocycles. The lowest BCUT2D eigenvalue weighted by atomic mass is 9.85. The summed E-state index contributed by atoms with van der Waals surface area (Å²) in [7, 11) is 0. The predicted molar refractivity (Wildman–Crippen MR) is 72.7 cm³/mol. The van der Waals surface area contributed by atoms with Gasteiger partial charge >= 0.3 is 12.2 Å². The van der Waals surface area contributed by atoms with Gasteiger partial charge in [-0.1, -0.05) is 11.8 Å². The van der Waals surface area contributed by atoms with Crippen LogP contribution in [0.2, 0.25) is 0 Å². The molecule has 0 saturated heterocycles. The minimum atomic E-state index is -4.94. The fourth-order valence-electron chi connectivity index (χ4n) is 2.38. The van der Waals surface area contributed by atoms with E-state index in [9.17, 15) is 22.4 Å². The number of aliphatic hydroxyl groups excluding tert-OH is 1. The number of hydrogen-bond acceptors (Lipinski definition) is 2. The van der Waals surface area contributed by atoms with Crippen LogP contribution in [0, 0.1) is 23.6 Å². The highest BCUT2D eigenvalue weighted by molar-refractivity contribution is 5.95. The monoisotopic (exact) mass is 328 g/mol. The van der Waals surface area contributed by atoms with Gasteiger partial charge in [0.05, 0.1) is 6.61 Å². The van der Waals surface area contributed by atoms with Crippen molar-refractivity contribution < 1.29 is 27.5 Å². The third-order valence-corrected chi connectivity index (χ3v) is 3.78. The summed E-state index contributed by atoms with van der Waals surface area (Å²) in [6.07, 6.45) is -3.52. The summed E-state index contributed by atoms with van der Waals surface area (Å²) in [6, 6.07) is 0.556. The summed E-state index contributed by atoms with van der Waals surface area (Å²) in [5, 5.41) is 13.0. The van der Waals surface area contributed by atoms with Crippen molar-refractivity contribution in [3.05, 3.63) is 29.1 Å². The highest BCUT2D eigenvalue weighted by Crippen LogP contribution is 2.45. The van der Waals surface area contributed by atoms with E-state index in [1.165, 1.54) is 0 Å². The van der Waals surface area contributed by atoms with E-state index in [4.69, 9.17) is 5.11 Å². The zero-order valence-corrected chi connectivity index (χ0v) is 11.7. The van der Waals surface area contributed by atoms with Crippen molar-refractivity contribution in [1.82, 2.24) is 5.32 Å². The number of benzene rings is 1. The number of fused-ring (bicyclic) bond motifs is 1. The first-order valence-electron chi connectivity index (χ1n) is 6.89. The van der Waals surface area contributed by atoms with Gasteiger partial charge in [-0.3, -0.25) is 0 Å². The molecule has 122 valence electrons. The van der Waals surface area contributed by atoms with Crippen LogP contribution in [0.1, 0.15) is 24.0 Å². The minimum absolute atomic E-state index is 0.133. The van der Waals surface area contributed by atoms with E-state index in [-0.39, 0.29) is 17.2 Å². The van der Waals surface area contributed by atoms with Crippen molar-refractivity contribution in [3.63, 3.8) is 0 Å². The molecule has 2 aliphatic rings. The van der Waals surface area contributed by atoms with Crippen LogP contribution in [0.4, 0.5) is 28.0 Å². The third kappa shape index (κ3) is 2.61. The molecule has 0 radical (unpaired) electrons. The molecule has 2 amide bonds. The molecule has 8 heteroatoms. The number of urea groups is 1. The van der Waals surface area contributed by atoms with Gasteiger partial charge in [0.25, 0.3) is 0 Å². The van der Waals surface area contributed by atoms with Gasteiger partial charge in [-0.25, -0.2) is 9.18 Å². The second kappa shape index (κ2) is 5.13. The van der Waals surface area contributed by atoms with Crippen molar-refractivity contribution in [2.75, 3.05) is 5.32 Å². The summed E-state index contributed by atoms with van der Waals surface area (Å²) in [4.78, 5) is 11.7. The Hall–Kier alpha value is -2.27. The molecule has 1 heterocycles. The van der Waals surface area contributed by atoms with E-state index in [0.717, 1.165) is 6.07 Å². The Bertz CT molecular complexity index is 731. The van der Waals surface area contributed by atoms with Gasteiger partial charge in [0.15, 0.2) is 0 Å². The maximum atomic E-state index is 13.9. The lowest BCUT2D eigenvalue weighted by molar-refractivity contribution is -0.178. The summed E-state index contributed by atoms with van der Waals surface area (Å²) >= 11 is 0. The minimum Gasteiger partial charge on any atom is -0.392 e. The van der Waals surface area contributed by atoms with Crippen molar-refractivity contribution in [2.45, 2.75) is 31.2 Å². The molecule has 1 aromatic rings. The fourth-order valence-corrected chi connectivity index (χ4v) is 2.38. The molecule has 0 spiro atoms. The van der Waals surface area contributed by atoms with Crippen LogP contribution in [0.3, 0.4) is 0 Å². The number of carbonyl (C=O) groups excluding carboxylic acids is 1. The number of halogens is 4. The number of hydrogen-bond donors (Lipinski definition) is 3. The molecule has 4 nitrogen and oxygen atoms in total. The summed E-state index contributed by atoms with van der Waals surface area (Å²) in [5.41, 5.74) is -3.92. The van der Waals surface area contributed by atoms with E-state index in [0.29, 0.717) is 18.9 Å². The van der Waals surface area contributed by atoms with Crippen LogP contribution in [-0.2, 0) is 12.1 Å². The quantitative estimate of drug-likeness (QED) is 0.548. The van der Waals surface area contributed by atoms with Crippen LogP contribution >= 0.6 is 0 Å². The van der Waals surface area contributed by atoms with E-state index in [1.54, 1.807) is 5.32 Å². The van der Waals surface area contributed by atoms with Crippen LogP contribution in [0.25, 0.3) is 0 Å². The summed E-state index contributed by atoms with van der Waals surface area (Å²) in [5.74, 6) is 3.48. The molecule has 1 saturated carbocycles. The number of amides is 2. The predicted octanol–water partition coefficient (Wildman–Crippen LogP) is 2.62. The number of nitrogens with one attached hydrogen (secondary N) is 2. The first-order valence-corrected chi connectivity index (χ1v) is 6.89. The Morgan fingerprint density at radius 2 is 2.04 bits per heavy atom. The number of carbonyl (C=O) groups is 1. The standard InChI is InChI=1S/C15H12F4N2O2/c16-11-6-10-12(5-9(11)7-22)20-13(23)21-14(10,15(17,18)19)4-3-8-1-2-8/h5-6,8,22H,1-2,7H2,(H2,20,21,23). The SMILES string of the molecule is O=C1Nc2cc(CO)c(F)cc2C(C#CC2CC2)(C(F)(F)F)N1. The lowest BCUT2D eigenvalue weighted by Crippen LogP contribution is -2.59. The Labute approximate surface area is 128 Å². The zero-order valence-electron chi connectivity index (χ0n) is 11.7. The molecule has 3 N–H and O–H groups in total. The topological polar surface area (TPSA) is 61.4 Å². The molecule has 1 atom stereocenters. The molecule has 3 rings (SSSR count). The molecule has 1 unspecified atom stereocenters. The van der Waals surface area contributed by atoms with Gasteiger partial charge in [0.1, 0.15) is 5.82 Å². The van der Waals surface area contributed by atoms with Crippen LogP contribution in [0.5, 0.6) is 0 Å². The number of rotatable bonds is 1. The highest BCUT2D eigenvalue weighted by atomic mass is 19.4. The molecular weight excluding hydrogens is 316 g/mol. The maximum absolute atomic E-state index is 13.9.